The molecule has 0 fully saturated rings. The number of unbranched alkanes of at least 4 members (excludes halogenated alkanes) is 2. The van der Waals surface area contributed by atoms with Crippen molar-refractivity contribution >= 4 is 5.91 Å². The van der Waals surface area contributed by atoms with Crippen LogP contribution in [-0.4, -0.2) is 37.3 Å². The molecule has 1 amide bonds. The van der Waals surface area contributed by atoms with E-state index in [1.54, 1.807) is 0 Å². The number of carbonyl (C=O) groups excluding carboxylic acids is 1. The van der Waals surface area contributed by atoms with Gasteiger partial charge in [0.1, 0.15) is 0 Å². The van der Waals surface area contributed by atoms with Crippen molar-refractivity contribution in [2.45, 2.75) is 32.6 Å². The molecule has 3 N–H and O–H groups in total. The molecular formula is C10H22N2O2. The SMILES string of the molecule is CCCCNC(=O)CNCCCCO. The smallest absolute Gasteiger partial charge is 0.233 e. The Labute approximate surface area is 86.1 Å². The molecule has 0 heterocycles. The summed E-state index contributed by atoms with van der Waals surface area (Å²) in [4.78, 5) is 11.1. The fourth-order valence-corrected chi connectivity index (χ4v) is 1.03. The van der Waals surface area contributed by atoms with Crippen molar-refractivity contribution in [3.8, 4) is 0 Å². The third kappa shape index (κ3) is 9.48. The number of amides is 1. The maximum absolute atomic E-state index is 11.1. The van der Waals surface area contributed by atoms with Gasteiger partial charge in [-0.15, -0.1) is 0 Å². The van der Waals surface area contributed by atoms with Gasteiger partial charge in [-0.2, -0.15) is 0 Å². The molecule has 0 unspecified atom stereocenters. The fraction of sp³-hybridized carbons (Fsp3) is 0.900. The predicted octanol–water partition coefficient (Wildman–Crippen LogP) is 0.265. The highest BCUT2D eigenvalue weighted by Crippen LogP contribution is 1.84. The van der Waals surface area contributed by atoms with Crippen molar-refractivity contribution in [1.82, 2.24) is 10.6 Å². The number of aliphatic hydroxyl groups is 1. The zero-order valence-electron chi connectivity index (χ0n) is 9.01. The van der Waals surface area contributed by atoms with Crippen LogP contribution >= 0.6 is 0 Å². The molecule has 0 aliphatic heterocycles. The normalized spacial score (nSPS) is 10.1. The molecule has 0 atom stereocenters. The summed E-state index contributed by atoms with van der Waals surface area (Å²) in [7, 11) is 0. The second-order valence-electron chi connectivity index (χ2n) is 3.31. The van der Waals surface area contributed by atoms with Gasteiger partial charge in [0.2, 0.25) is 5.91 Å². The maximum Gasteiger partial charge on any atom is 0.233 e. The Morgan fingerprint density at radius 1 is 1.21 bits per heavy atom. The van der Waals surface area contributed by atoms with Crippen molar-refractivity contribution in [2.75, 3.05) is 26.2 Å². The molecule has 4 heteroatoms. The summed E-state index contributed by atoms with van der Waals surface area (Å²) >= 11 is 0. The third-order valence-electron chi connectivity index (χ3n) is 1.90. The standard InChI is InChI=1S/C10H22N2O2/c1-2-3-7-12-10(14)9-11-6-4-5-8-13/h11,13H,2-9H2,1H3,(H,12,14). The zero-order chi connectivity index (χ0) is 10.6. The van der Waals surface area contributed by atoms with E-state index in [2.05, 4.69) is 17.6 Å². The summed E-state index contributed by atoms with van der Waals surface area (Å²) in [5.74, 6) is 0.0578. The second kappa shape index (κ2) is 10.5. The minimum absolute atomic E-state index is 0.0578. The molecule has 84 valence electrons. The summed E-state index contributed by atoms with van der Waals surface area (Å²) in [6.45, 7) is 4.27. The van der Waals surface area contributed by atoms with E-state index in [4.69, 9.17) is 5.11 Å². The number of hydrogen-bond acceptors (Lipinski definition) is 3. The van der Waals surface area contributed by atoms with Gasteiger partial charge in [-0.25, -0.2) is 0 Å². The van der Waals surface area contributed by atoms with Gasteiger partial charge < -0.3 is 15.7 Å². The Bertz CT molecular complexity index is 140. The lowest BCUT2D eigenvalue weighted by Crippen LogP contribution is -2.34. The molecule has 0 radical (unpaired) electrons. The Kier molecular flexibility index (Phi) is 10.0. The van der Waals surface area contributed by atoms with E-state index >= 15 is 0 Å². The van der Waals surface area contributed by atoms with Gasteiger partial charge in [-0.05, 0) is 25.8 Å². The van der Waals surface area contributed by atoms with Crippen LogP contribution in [0.3, 0.4) is 0 Å². The van der Waals surface area contributed by atoms with Crippen molar-refractivity contribution < 1.29 is 9.90 Å². The van der Waals surface area contributed by atoms with E-state index in [0.717, 1.165) is 38.8 Å². The first-order chi connectivity index (χ1) is 6.81. The Morgan fingerprint density at radius 3 is 2.64 bits per heavy atom. The van der Waals surface area contributed by atoms with Crippen LogP contribution < -0.4 is 10.6 Å². The van der Waals surface area contributed by atoms with Gasteiger partial charge >= 0.3 is 0 Å². The highest BCUT2D eigenvalue weighted by atomic mass is 16.2. The zero-order valence-corrected chi connectivity index (χ0v) is 9.01. The molecular weight excluding hydrogens is 180 g/mol. The molecule has 0 rings (SSSR count). The molecule has 0 aromatic carbocycles. The summed E-state index contributed by atoms with van der Waals surface area (Å²) < 4.78 is 0. The topological polar surface area (TPSA) is 61.4 Å². The van der Waals surface area contributed by atoms with Crippen LogP contribution in [0, 0.1) is 0 Å². The van der Waals surface area contributed by atoms with Crippen LogP contribution in [-0.2, 0) is 4.79 Å². The number of nitrogens with one attached hydrogen (secondary N) is 2. The van der Waals surface area contributed by atoms with Crippen LogP contribution in [0.1, 0.15) is 32.6 Å². The number of aliphatic hydroxyl groups excluding tert-OH is 1. The van der Waals surface area contributed by atoms with Crippen molar-refractivity contribution in [3.05, 3.63) is 0 Å². The molecule has 0 aromatic heterocycles. The first-order valence-corrected chi connectivity index (χ1v) is 5.39. The van der Waals surface area contributed by atoms with Gasteiger partial charge in [0.15, 0.2) is 0 Å². The van der Waals surface area contributed by atoms with E-state index in [-0.39, 0.29) is 12.5 Å². The van der Waals surface area contributed by atoms with Gasteiger partial charge in [0.25, 0.3) is 0 Å². The predicted molar refractivity (Wildman–Crippen MR) is 57.1 cm³/mol. The first kappa shape index (κ1) is 13.4. The summed E-state index contributed by atoms with van der Waals surface area (Å²) in [5.41, 5.74) is 0. The number of carbonyl (C=O) groups is 1. The molecule has 0 saturated carbocycles. The van der Waals surface area contributed by atoms with Crippen LogP contribution in [0.4, 0.5) is 0 Å². The average molecular weight is 202 g/mol. The minimum Gasteiger partial charge on any atom is -0.396 e. The van der Waals surface area contributed by atoms with Gasteiger partial charge in [0, 0.05) is 13.2 Å². The van der Waals surface area contributed by atoms with Gasteiger partial charge in [-0.3, -0.25) is 4.79 Å². The van der Waals surface area contributed by atoms with Gasteiger partial charge in [-0.1, -0.05) is 13.3 Å². The summed E-state index contributed by atoms with van der Waals surface area (Å²) in [6, 6.07) is 0. The summed E-state index contributed by atoms with van der Waals surface area (Å²) in [5, 5.41) is 14.4. The van der Waals surface area contributed by atoms with E-state index in [0.29, 0.717) is 6.54 Å². The molecule has 0 aromatic rings. The van der Waals surface area contributed by atoms with E-state index in [1.165, 1.54) is 0 Å². The van der Waals surface area contributed by atoms with Gasteiger partial charge in [0.05, 0.1) is 6.54 Å². The average Bonchev–Trinajstić information content (AvgIpc) is 2.18. The molecule has 14 heavy (non-hydrogen) atoms. The molecule has 0 bridgehead atoms. The molecule has 0 aliphatic rings. The Hall–Kier alpha value is -0.610. The summed E-state index contributed by atoms with van der Waals surface area (Å²) in [6.07, 6.45) is 3.85. The largest absolute Gasteiger partial charge is 0.396 e. The first-order valence-electron chi connectivity index (χ1n) is 5.39. The highest BCUT2D eigenvalue weighted by Gasteiger charge is 1.97. The Morgan fingerprint density at radius 2 is 2.00 bits per heavy atom. The molecule has 4 nitrogen and oxygen atoms in total. The maximum atomic E-state index is 11.1. The lowest BCUT2D eigenvalue weighted by molar-refractivity contribution is -0.120. The van der Waals surface area contributed by atoms with Crippen LogP contribution in [0.5, 0.6) is 0 Å². The second-order valence-corrected chi connectivity index (χ2v) is 3.31. The van der Waals surface area contributed by atoms with Crippen molar-refractivity contribution in [3.63, 3.8) is 0 Å². The molecule has 0 aliphatic carbocycles. The fourth-order valence-electron chi connectivity index (χ4n) is 1.03. The van der Waals surface area contributed by atoms with E-state index in [1.807, 2.05) is 0 Å². The van der Waals surface area contributed by atoms with Crippen LogP contribution in [0.2, 0.25) is 0 Å². The monoisotopic (exact) mass is 202 g/mol. The lowest BCUT2D eigenvalue weighted by Gasteiger charge is -2.05. The van der Waals surface area contributed by atoms with Crippen molar-refractivity contribution in [1.29, 1.82) is 0 Å². The number of rotatable bonds is 9. The number of hydrogen-bond donors (Lipinski definition) is 3. The quantitative estimate of drug-likeness (QED) is 0.470. The minimum atomic E-state index is 0.0578. The lowest BCUT2D eigenvalue weighted by atomic mass is 10.3. The van der Waals surface area contributed by atoms with E-state index < -0.39 is 0 Å². The van der Waals surface area contributed by atoms with E-state index in [9.17, 15) is 4.79 Å². The van der Waals surface area contributed by atoms with Crippen molar-refractivity contribution in [2.24, 2.45) is 0 Å². The van der Waals surface area contributed by atoms with Crippen LogP contribution in [0.25, 0.3) is 0 Å². The Balaban J connectivity index is 3.10. The molecule has 0 saturated heterocycles. The molecule has 0 spiro atoms. The third-order valence-corrected chi connectivity index (χ3v) is 1.90. The highest BCUT2D eigenvalue weighted by molar-refractivity contribution is 5.77. The van der Waals surface area contributed by atoms with Crippen LogP contribution in [0.15, 0.2) is 0 Å².